The van der Waals surface area contributed by atoms with Gasteiger partial charge in [-0.15, -0.1) is 24.0 Å². The maximum atomic E-state index is 6.01. The number of rotatable bonds is 9. The van der Waals surface area contributed by atoms with Crippen molar-refractivity contribution in [1.29, 1.82) is 0 Å². The van der Waals surface area contributed by atoms with Gasteiger partial charge in [-0.2, -0.15) is 0 Å². The molecule has 2 rings (SSSR count). The van der Waals surface area contributed by atoms with E-state index in [1.54, 1.807) is 21.3 Å². The molecule has 1 aliphatic heterocycles. The van der Waals surface area contributed by atoms with Crippen LogP contribution in [-0.2, 0) is 11.3 Å². The Kier molecular flexibility index (Phi) is 11.5. The summed E-state index contributed by atoms with van der Waals surface area (Å²) in [5, 5.41) is 3.26. The van der Waals surface area contributed by atoms with Crippen LogP contribution in [0.3, 0.4) is 0 Å². The van der Waals surface area contributed by atoms with Crippen LogP contribution in [0.1, 0.15) is 18.4 Å². The molecule has 0 amide bonds. The molecule has 7 nitrogen and oxygen atoms in total. The number of likely N-dealkylation sites (tertiary alicyclic amines) is 1. The second-order valence-electron chi connectivity index (χ2n) is 6.55. The van der Waals surface area contributed by atoms with Crippen molar-refractivity contribution in [3.8, 4) is 11.5 Å². The highest BCUT2D eigenvalue weighted by Gasteiger charge is 2.18. The molecule has 1 saturated heterocycles. The van der Waals surface area contributed by atoms with Crippen molar-refractivity contribution >= 4 is 29.9 Å². The van der Waals surface area contributed by atoms with Gasteiger partial charge in [0.05, 0.1) is 27.4 Å². The van der Waals surface area contributed by atoms with Crippen molar-refractivity contribution in [2.24, 2.45) is 16.6 Å². The molecule has 1 aromatic carbocycles. The van der Waals surface area contributed by atoms with Crippen LogP contribution in [0.5, 0.6) is 11.5 Å². The predicted octanol–water partition coefficient (Wildman–Crippen LogP) is 2.08. The van der Waals surface area contributed by atoms with Crippen molar-refractivity contribution in [1.82, 2.24) is 10.2 Å². The molecule has 3 N–H and O–H groups in total. The van der Waals surface area contributed by atoms with Crippen LogP contribution >= 0.6 is 24.0 Å². The minimum atomic E-state index is 0. The quantitative estimate of drug-likeness (QED) is 0.312. The second-order valence-corrected chi connectivity index (χ2v) is 6.55. The predicted molar refractivity (Wildman–Crippen MR) is 119 cm³/mol. The number of guanidine groups is 1. The second kappa shape index (κ2) is 13.0. The van der Waals surface area contributed by atoms with Gasteiger partial charge < -0.3 is 30.2 Å². The fraction of sp³-hybridized carbons (Fsp3) is 0.632. The summed E-state index contributed by atoms with van der Waals surface area (Å²) in [6.07, 6.45) is 2.36. The van der Waals surface area contributed by atoms with Crippen molar-refractivity contribution in [2.75, 3.05) is 54.1 Å². The Bertz CT molecular complexity index is 578. The van der Waals surface area contributed by atoms with Crippen LogP contribution in [-0.4, -0.2) is 65.0 Å². The molecule has 1 heterocycles. The van der Waals surface area contributed by atoms with Gasteiger partial charge in [0.2, 0.25) is 0 Å². The zero-order valence-electron chi connectivity index (χ0n) is 16.6. The van der Waals surface area contributed by atoms with Crippen LogP contribution in [0.25, 0.3) is 0 Å². The molecule has 0 atom stereocenters. The van der Waals surface area contributed by atoms with Crippen molar-refractivity contribution < 1.29 is 14.2 Å². The highest BCUT2D eigenvalue weighted by Crippen LogP contribution is 2.27. The number of hydrogen-bond acceptors (Lipinski definition) is 5. The third-order valence-electron chi connectivity index (χ3n) is 4.77. The molecule has 154 valence electrons. The van der Waals surface area contributed by atoms with Crippen molar-refractivity contribution in [2.45, 2.75) is 19.4 Å². The molecule has 0 unspecified atom stereocenters. The van der Waals surface area contributed by atoms with E-state index in [4.69, 9.17) is 19.9 Å². The number of halogens is 1. The fourth-order valence-corrected chi connectivity index (χ4v) is 3.09. The molecule has 1 aromatic rings. The van der Waals surface area contributed by atoms with Gasteiger partial charge in [-0.3, -0.25) is 0 Å². The van der Waals surface area contributed by atoms with Crippen LogP contribution in [0, 0.1) is 5.92 Å². The Hall–Kier alpha value is -1.26. The maximum absolute atomic E-state index is 6.01. The summed E-state index contributed by atoms with van der Waals surface area (Å²) in [6.45, 7) is 5.45. The van der Waals surface area contributed by atoms with E-state index in [0.717, 1.165) is 38.3 Å². The minimum Gasteiger partial charge on any atom is -0.493 e. The summed E-state index contributed by atoms with van der Waals surface area (Å²) in [4.78, 5) is 6.88. The summed E-state index contributed by atoms with van der Waals surface area (Å²) >= 11 is 0. The number of aliphatic imine (C=N–C) groups is 1. The number of hydrogen-bond donors (Lipinski definition) is 2. The first-order valence-corrected chi connectivity index (χ1v) is 9.12. The van der Waals surface area contributed by atoms with E-state index >= 15 is 0 Å². The highest BCUT2D eigenvalue weighted by atomic mass is 127. The Morgan fingerprint density at radius 2 is 1.89 bits per heavy atom. The number of nitrogens with one attached hydrogen (secondary N) is 1. The van der Waals surface area contributed by atoms with Gasteiger partial charge >= 0.3 is 0 Å². The molecule has 0 spiro atoms. The number of piperidine rings is 1. The van der Waals surface area contributed by atoms with E-state index in [1.807, 2.05) is 18.2 Å². The number of nitrogens with zero attached hydrogens (tertiary/aromatic N) is 2. The van der Waals surface area contributed by atoms with Crippen LogP contribution in [0.15, 0.2) is 23.2 Å². The first kappa shape index (κ1) is 23.8. The van der Waals surface area contributed by atoms with Gasteiger partial charge in [0.15, 0.2) is 17.5 Å². The Morgan fingerprint density at radius 1 is 1.19 bits per heavy atom. The lowest BCUT2D eigenvalue weighted by Crippen LogP contribution is -2.41. The molecule has 8 heteroatoms. The molecule has 0 aliphatic carbocycles. The average molecular weight is 492 g/mol. The van der Waals surface area contributed by atoms with Gasteiger partial charge in [0.1, 0.15) is 0 Å². The third-order valence-corrected chi connectivity index (χ3v) is 4.77. The molecule has 0 radical (unpaired) electrons. The van der Waals surface area contributed by atoms with Gasteiger partial charge in [-0.25, -0.2) is 4.99 Å². The Labute approximate surface area is 179 Å². The number of ether oxygens (including phenoxy) is 3. The van der Waals surface area contributed by atoms with Crippen LogP contribution < -0.4 is 20.5 Å². The van der Waals surface area contributed by atoms with E-state index in [2.05, 4.69) is 15.2 Å². The Morgan fingerprint density at radius 3 is 2.52 bits per heavy atom. The molecule has 0 aromatic heterocycles. The van der Waals surface area contributed by atoms with E-state index in [0.29, 0.717) is 29.9 Å². The minimum absolute atomic E-state index is 0. The largest absolute Gasteiger partial charge is 0.493 e. The first-order chi connectivity index (χ1) is 12.7. The molecular formula is C19H33IN4O3. The standard InChI is InChI=1S/C19H32N4O3.HI/c1-24-11-10-23-8-6-15(7-9-23)13-21-19(20)22-14-16-4-5-17(25-2)18(12-16)26-3;/h4-5,12,15H,6-11,13-14H2,1-3H3,(H3,20,21,22);1H. The number of nitrogens with two attached hydrogens (primary N) is 1. The monoisotopic (exact) mass is 492 g/mol. The number of benzene rings is 1. The van der Waals surface area contributed by atoms with E-state index < -0.39 is 0 Å². The lowest BCUT2D eigenvalue weighted by molar-refractivity contribution is 0.121. The summed E-state index contributed by atoms with van der Waals surface area (Å²) in [5.41, 5.74) is 7.04. The summed E-state index contributed by atoms with van der Waals surface area (Å²) < 4.78 is 15.7. The Balaban J connectivity index is 0.00000364. The lowest BCUT2D eigenvalue weighted by Gasteiger charge is -2.31. The third kappa shape index (κ3) is 8.10. The van der Waals surface area contributed by atoms with E-state index in [9.17, 15) is 0 Å². The van der Waals surface area contributed by atoms with Gasteiger partial charge in [0.25, 0.3) is 0 Å². The fourth-order valence-electron chi connectivity index (χ4n) is 3.09. The maximum Gasteiger partial charge on any atom is 0.188 e. The van der Waals surface area contributed by atoms with Gasteiger partial charge in [-0.1, -0.05) is 6.07 Å². The first-order valence-electron chi connectivity index (χ1n) is 9.12. The SMILES string of the molecule is COCCN1CCC(CNC(N)=NCc2ccc(OC)c(OC)c2)CC1.I. The smallest absolute Gasteiger partial charge is 0.188 e. The lowest BCUT2D eigenvalue weighted by atomic mass is 9.97. The zero-order chi connectivity index (χ0) is 18.8. The van der Waals surface area contributed by atoms with Crippen molar-refractivity contribution in [3.05, 3.63) is 23.8 Å². The van der Waals surface area contributed by atoms with Crippen LogP contribution in [0.4, 0.5) is 0 Å². The van der Waals surface area contributed by atoms with Gasteiger partial charge in [0, 0.05) is 20.2 Å². The molecule has 0 bridgehead atoms. The van der Waals surface area contributed by atoms with E-state index in [1.165, 1.54) is 12.8 Å². The van der Waals surface area contributed by atoms with Crippen LogP contribution in [0.2, 0.25) is 0 Å². The summed E-state index contributed by atoms with van der Waals surface area (Å²) in [6, 6.07) is 5.77. The molecule has 27 heavy (non-hydrogen) atoms. The molecule has 1 fully saturated rings. The summed E-state index contributed by atoms with van der Waals surface area (Å²) in [5.74, 6) is 2.54. The molecular weight excluding hydrogens is 459 g/mol. The average Bonchev–Trinajstić information content (AvgIpc) is 2.69. The van der Waals surface area contributed by atoms with Crippen molar-refractivity contribution in [3.63, 3.8) is 0 Å². The molecule has 0 saturated carbocycles. The molecule has 1 aliphatic rings. The van der Waals surface area contributed by atoms with E-state index in [-0.39, 0.29) is 24.0 Å². The highest BCUT2D eigenvalue weighted by molar-refractivity contribution is 14.0. The number of methoxy groups -OCH3 is 3. The topological polar surface area (TPSA) is 81.3 Å². The zero-order valence-corrected chi connectivity index (χ0v) is 18.9. The normalized spacial score (nSPS) is 15.9. The summed E-state index contributed by atoms with van der Waals surface area (Å²) in [7, 11) is 5.00. The van der Waals surface area contributed by atoms with Gasteiger partial charge in [-0.05, 0) is 49.5 Å².